The second-order valence-corrected chi connectivity index (χ2v) is 7.41. The summed E-state index contributed by atoms with van der Waals surface area (Å²) in [7, 11) is 0. The van der Waals surface area contributed by atoms with Gasteiger partial charge in [-0.05, 0) is 31.5 Å². The van der Waals surface area contributed by atoms with E-state index in [1.165, 1.54) is 0 Å². The van der Waals surface area contributed by atoms with Crippen molar-refractivity contribution in [3.8, 4) is 0 Å². The van der Waals surface area contributed by atoms with Crippen LogP contribution in [0.15, 0.2) is 58.5 Å². The third-order valence-corrected chi connectivity index (χ3v) is 5.03. The first-order valence-corrected chi connectivity index (χ1v) is 9.69. The first kappa shape index (κ1) is 19.6. The number of amides is 1. The normalized spacial score (nSPS) is 10.6. The number of nitrogens with zero attached hydrogens (tertiary/aromatic N) is 3. The van der Waals surface area contributed by atoms with Crippen LogP contribution in [0.3, 0.4) is 0 Å². The molecule has 1 amide bonds. The Balaban J connectivity index is 1.63. The molecule has 0 saturated heterocycles. The van der Waals surface area contributed by atoms with Crippen molar-refractivity contribution < 1.29 is 4.79 Å². The van der Waals surface area contributed by atoms with E-state index in [2.05, 4.69) is 15.5 Å². The molecule has 0 spiro atoms. The lowest BCUT2D eigenvalue weighted by molar-refractivity contribution is -0.113. The molecule has 0 atom stereocenters. The molecule has 3 rings (SSSR count). The molecule has 0 aliphatic rings. The van der Waals surface area contributed by atoms with Gasteiger partial charge in [-0.1, -0.05) is 59.3 Å². The number of aryl methyl sites for hydroxylation is 2. The highest BCUT2D eigenvalue weighted by Gasteiger charge is 2.13. The van der Waals surface area contributed by atoms with E-state index in [4.69, 9.17) is 5.84 Å². The topological polar surface area (TPSA) is 103 Å². The lowest BCUT2D eigenvalue weighted by Gasteiger charge is -2.08. The molecule has 2 aromatic carbocycles. The number of hydrogen-bond acceptors (Lipinski definition) is 6. The molecule has 1 aromatic heterocycles. The van der Waals surface area contributed by atoms with Gasteiger partial charge in [-0.2, -0.15) is 4.68 Å². The maximum Gasteiger partial charge on any atom is 0.294 e. The Morgan fingerprint density at radius 3 is 2.29 bits per heavy atom. The molecular weight excluding hydrogens is 374 g/mol. The highest BCUT2D eigenvalue weighted by atomic mass is 32.2. The average molecular weight is 395 g/mol. The third-order valence-electron chi connectivity index (χ3n) is 4.09. The maximum absolute atomic E-state index is 12.5. The van der Waals surface area contributed by atoms with Gasteiger partial charge in [0.15, 0.2) is 0 Å². The van der Waals surface area contributed by atoms with E-state index in [9.17, 15) is 9.59 Å². The SMILES string of the molecule is Cc1ccc(Cc2nnc(SCC(=O)Nc3ccc(C)cc3)n(N)c2=O)cc1. The number of carbonyl (C=O) groups is 1. The van der Waals surface area contributed by atoms with Crippen LogP contribution >= 0.6 is 11.8 Å². The predicted octanol–water partition coefficient (Wildman–Crippen LogP) is 2.29. The van der Waals surface area contributed by atoms with E-state index in [1.807, 2.05) is 62.4 Å². The second kappa shape index (κ2) is 8.71. The highest BCUT2D eigenvalue weighted by Crippen LogP contribution is 2.14. The minimum Gasteiger partial charge on any atom is -0.334 e. The van der Waals surface area contributed by atoms with E-state index < -0.39 is 5.56 Å². The summed E-state index contributed by atoms with van der Waals surface area (Å²) in [6.07, 6.45) is 0.349. The van der Waals surface area contributed by atoms with Gasteiger partial charge in [0, 0.05) is 12.1 Å². The first-order chi connectivity index (χ1) is 13.4. The fourth-order valence-electron chi connectivity index (χ4n) is 2.49. The van der Waals surface area contributed by atoms with Crippen LogP contribution in [0.4, 0.5) is 5.69 Å². The summed E-state index contributed by atoms with van der Waals surface area (Å²) in [5.74, 6) is 5.72. The van der Waals surface area contributed by atoms with Crippen LogP contribution in [-0.2, 0) is 11.2 Å². The zero-order chi connectivity index (χ0) is 20.1. The lowest BCUT2D eigenvalue weighted by atomic mass is 10.1. The molecule has 0 aliphatic carbocycles. The van der Waals surface area contributed by atoms with Crippen molar-refractivity contribution in [3.63, 3.8) is 0 Å². The van der Waals surface area contributed by atoms with Crippen molar-refractivity contribution in [2.24, 2.45) is 0 Å². The summed E-state index contributed by atoms with van der Waals surface area (Å²) >= 11 is 1.06. The van der Waals surface area contributed by atoms with E-state index in [0.29, 0.717) is 12.1 Å². The van der Waals surface area contributed by atoms with Crippen molar-refractivity contribution in [1.29, 1.82) is 0 Å². The summed E-state index contributed by atoms with van der Waals surface area (Å²) in [4.78, 5) is 24.5. The molecule has 0 radical (unpaired) electrons. The first-order valence-electron chi connectivity index (χ1n) is 8.71. The molecule has 144 valence electrons. The van der Waals surface area contributed by atoms with E-state index >= 15 is 0 Å². The molecule has 3 aromatic rings. The van der Waals surface area contributed by atoms with E-state index in [1.54, 1.807) is 0 Å². The molecular formula is C20H21N5O2S. The largest absolute Gasteiger partial charge is 0.334 e. The summed E-state index contributed by atoms with van der Waals surface area (Å²) in [6.45, 7) is 3.97. The molecule has 0 aliphatic heterocycles. The van der Waals surface area contributed by atoms with Gasteiger partial charge in [0.05, 0.1) is 5.75 Å². The maximum atomic E-state index is 12.5. The Kier molecular flexibility index (Phi) is 6.10. The molecule has 1 heterocycles. The summed E-state index contributed by atoms with van der Waals surface area (Å²) in [5.41, 5.74) is 3.76. The van der Waals surface area contributed by atoms with Gasteiger partial charge in [-0.3, -0.25) is 9.59 Å². The molecule has 7 nitrogen and oxygen atoms in total. The number of nitrogens with two attached hydrogens (primary N) is 1. The smallest absolute Gasteiger partial charge is 0.294 e. The summed E-state index contributed by atoms with van der Waals surface area (Å²) in [5, 5.41) is 11.0. The zero-order valence-electron chi connectivity index (χ0n) is 15.7. The van der Waals surface area contributed by atoms with Gasteiger partial charge in [-0.25, -0.2) is 0 Å². The number of rotatable bonds is 6. The van der Waals surface area contributed by atoms with Crippen molar-refractivity contribution >= 4 is 23.4 Å². The zero-order valence-corrected chi connectivity index (χ0v) is 16.5. The van der Waals surface area contributed by atoms with Crippen molar-refractivity contribution in [2.75, 3.05) is 16.9 Å². The number of hydrogen-bond donors (Lipinski definition) is 2. The third kappa shape index (κ3) is 4.98. The van der Waals surface area contributed by atoms with Gasteiger partial charge >= 0.3 is 0 Å². The number of benzene rings is 2. The minimum absolute atomic E-state index is 0.0660. The number of thioether (sulfide) groups is 1. The number of nitrogen functional groups attached to an aromatic ring is 1. The summed E-state index contributed by atoms with van der Waals surface area (Å²) in [6, 6.07) is 15.3. The molecule has 3 N–H and O–H groups in total. The van der Waals surface area contributed by atoms with E-state index in [0.717, 1.165) is 33.1 Å². The van der Waals surface area contributed by atoms with Gasteiger partial charge in [0.25, 0.3) is 5.56 Å². The molecule has 0 saturated carbocycles. The minimum atomic E-state index is -0.419. The van der Waals surface area contributed by atoms with Crippen LogP contribution in [0.5, 0.6) is 0 Å². The van der Waals surface area contributed by atoms with Gasteiger partial charge in [0.2, 0.25) is 11.1 Å². The molecule has 28 heavy (non-hydrogen) atoms. The Morgan fingerprint density at radius 1 is 1.04 bits per heavy atom. The van der Waals surface area contributed by atoms with Crippen LogP contribution in [0.1, 0.15) is 22.4 Å². The summed E-state index contributed by atoms with van der Waals surface area (Å²) < 4.78 is 0.945. The lowest BCUT2D eigenvalue weighted by Crippen LogP contribution is -2.34. The van der Waals surface area contributed by atoms with Crippen LogP contribution in [0, 0.1) is 13.8 Å². The van der Waals surface area contributed by atoms with Crippen LogP contribution in [0.2, 0.25) is 0 Å². The predicted molar refractivity (Wildman–Crippen MR) is 111 cm³/mol. The molecule has 8 heteroatoms. The standard InChI is InChI=1S/C20H21N5O2S/c1-13-3-7-15(8-4-13)11-17-19(27)25(21)20(24-23-17)28-12-18(26)22-16-9-5-14(2)6-10-16/h3-10H,11-12,21H2,1-2H3,(H,22,26). The molecule has 0 unspecified atom stereocenters. The number of nitrogens with one attached hydrogen (secondary N) is 1. The number of aromatic nitrogens is 3. The Bertz CT molecular complexity index is 1030. The quantitative estimate of drug-likeness (QED) is 0.490. The Labute approximate surface area is 167 Å². The van der Waals surface area contributed by atoms with Crippen LogP contribution in [0.25, 0.3) is 0 Å². The van der Waals surface area contributed by atoms with Crippen molar-refractivity contribution in [3.05, 3.63) is 81.3 Å². The second-order valence-electron chi connectivity index (χ2n) is 6.47. The van der Waals surface area contributed by atoms with Crippen LogP contribution in [-0.4, -0.2) is 26.5 Å². The van der Waals surface area contributed by atoms with Gasteiger partial charge < -0.3 is 11.2 Å². The Morgan fingerprint density at radius 2 is 1.64 bits per heavy atom. The Hall–Kier alpha value is -3.13. The highest BCUT2D eigenvalue weighted by molar-refractivity contribution is 7.99. The van der Waals surface area contributed by atoms with Crippen molar-refractivity contribution in [2.45, 2.75) is 25.4 Å². The van der Waals surface area contributed by atoms with E-state index in [-0.39, 0.29) is 22.5 Å². The van der Waals surface area contributed by atoms with Crippen LogP contribution < -0.4 is 16.7 Å². The van der Waals surface area contributed by atoms with Crippen molar-refractivity contribution in [1.82, 2.24) is 14.9 Å². The van der Waals surface area contributed by atoms with Gasteiger partial charge in [-0.15, -0.1) is 10.2 Å². The molecule has 0 bridgehead atoms. The number of anilines is 1. The fraction of sp³-hybridized carbons (Fsp3) is 0.200. The molecule has 0 fully saturated rings. The monoisotopic (exact) mass is 395 g/mol. The van der Waals surface area contributed by atoms with Gasteiger partial charge in [0.1, 0.15) is 5.69 Å². The fourth-order valence-corrected chi connectivity index (χ4v) is 3.15. The number of carbonyl (C=O) groups excluding carboxylic acids is 1. The average Bonchev–Trinajstić information content (AvgIpc) is 2.68.